The Morgan fingerprint density at radius 2 is 1.81 bits per heavy atom. The summed E-state index contributed by atoms with van der Waals surface area (Å²) in [6.45, 7) is 9.60. The van der Waals surface area contributed by atoms with Crippen molar-refractivity contribution in [1.82, 2.24) is 10.2 Å². The number of nitrogens with one attached hydrogen (secondary N) is 1. The first-order chi connectivity index (χ1) is 12.5. The Morgan fingerprint density at radius 3 is 2.46 bits per heavy atom. The Labute approximate surface area is 156 Å². The minimum atomic E-state index is 0.0370. The number of anilines is 1. The fourth-order valence-corrected chi connectivity index (χ4v) is 3.61. The van der Waals surface area contributed by atoms with Crippen molar-refractivity contribution in [1.29, 1.82) is 0 Å². The highest BCUT2D eigenvalue weighted by molar-refractivity contribution is 5.78. The van der Waals surface area contributed by atoms with Gasteiger partial charge >= 0.3 is 0 Å². The highest BCUT2D eigenvalue weighted by Gasteiger charge is 2.25. The van der Waals surface area contributed by atoms with Gasteiger partial charge in [-0.1, -0.05) is 48.0 Å². The van der Waals surface area contributed by atoms with Crippen LogP contribution in [0.2, 0.25) is 0 Å². The minimum absolute atomic E-state index is 0.0370. The number of piperazine rings is 1. The van der Waals surface area contributed by atoms with Gasteiger partial charge in [0.2, 0.25) is 5.91 Å². The van der Waals surface area contributed by atoms with Gasteiger partial charge < -0.3 is 10.2 Å². The van der Waals surface area contributed by atoms with Crippen molar-refractivity contribution < 1.29 is 4.79 Å². The fraction of sp³-hybridized carbons (Fsp3) is 0.409. The van der Waals surface area contributed by atoms with Crippen LogP contribution in [0.25, 0.3) is 0 Å². The maximum atomic E-state index is 12.4. The molecule has 0 aromatic heterocycles. The number of nitrogens with zero attached hydrogens (tertiary/aromatic N) is 2. The maximum Gasteiger partial charge on any atom is 0.234 e. The Kier molecular flexibility index (Phi) is 5.94. The molecule has 0 bridgehead atoms. The summed E-state index contributed by atoms with van der Waals surface area (Å²) in [5, 5.41) is 3.11. The smallest absolute Gasteiger partial charge is 0.234 e. The van der Waals surface area contributed by atoms with Crippen LogP contribution in [-0.2, 0) is 4.79 Å². The Bertz CT molecular complexity index is 714. The van der Waals surface area contributed by atoms with Crippen LogP contribution in [0, 0.1) is 6.92 Å². The van der Waals surface area contributed by atoms with Gasteiger partial charge in [0, 0.05) is 31.4 Å². The molecule has 26 heavy (non-hydrogen) atoms. The van der Waals surface area contributed by atoms with E-state index in [1.165, 1.54) is 11.3 Å². The van der Waals surface area contributed by atoms with Crippen molar-refractivity contribution in [3.8, 4) is 0 Å². The van der Waals surface area contributed by atoms with Gasteiger partial charge in [0.15, 0.2) is 0 Å². The van der Waals surface area contributed by atoms with Gasteiger partial charge in [0.1, 0.15) is 0 Å². The van der Waals surface area contributed by atoms with E-state index in [0.717, 1.165) is 25.2 Å². The normalized spacial score (nSPS) is 19.2. The van der Waals surface area contributed by atoms with E-state index in [0.29, 0.717) is 12.6 Å². The van der Waals surface area contributed by atoms with Gasteiger partial charge in [-0.3, -0.25) is 9.69 Å². The number of carbonyl (C=O) groups is 1. The van der Waals surface area contributed by atoms with Crippen molar-refractivity contribution >= 4 is 11.6 Å². The predicted octanol–water partition coefficient (Wildman–Crippen LogP) is 3.38. The molecule has 0 aliphatic carbocycles. The van der Waals surface area contributed by atoms with Crippen molar-refractivity contribution in [3.05, 3.63) is 65.7 Å². The van der Waals surface area contributed by atoms with E-state index >= 15 is 0 Å². The van der Waals surface area contributed by atoms with Crippen LogP contribution in [0.4, 0.5) is 5.69 Å². The molecule has 2 aromatic carbocycles. The van der Waals surface area contributed by atoms with E-state index in [1.807, 2.05) is 37.3 Å². The number of carbonyl (C=O) groups excluding carboxylic acids is 1. The van der Waals surface area contributed by atoms with E-state index in [1.54, 1.807) is 0 Å². The molecular weight excluding hydrogens is 322 g/mol. The molecule has 0 saturated carbocycles. The van der Waals surface area contributed by atoms with Gasteiger partial charge in [-0.15, -0.1) is 0 Å². The van der Waals surface area contributed by atoms with Crippen LogP contribution in [0.3, 0.4) is 0 Å². The number of benzene rings is 2. The Hall–Kier alpha value is -2.33. The highest BCUT2D eigenvalue weighted by Crippen LogP contribution is 2.21. The molecule has 1 N–H and O–H groups in total. The molecule has 1 fully saturated rings. The molecule has 0 radical (unpaired) electrons. The molecule has 1 aliphatic heterocycles. The van der Waals surface area contributed by atoms with Crippen LogP contribution >= 0.6 is 0 Å². The maximum absolute atomic E-state index is 12.4. The van der Waals surface area contributed by atoms with Crippen LogP contribution in [0.15, 0.2) is 54.6 Å². The molecule has 2 aromatic rings. The van der Waals surface area contributed by atoms with E-state index in [-0.39, 0.29) is 11.9 Å². The summed E-state index contributed by atoms with van der Waals surface area (Å²) < 4.78 is 0. The van der Waals surface area contributed by atoms with Crippen LogP contribution < -0.4 is 10.2 Å². The number of aryl methyl sites for hydroxylation is 1. The van der Waals surface area contributed by atoms with Crippen LogP contribution in [-0.4, -0.2) is 43.0 Å². The van der Waals surface area contributed by atoms with Crippen molar-refractivity contribution in [2.75, 3.05) is 31.1 Å². The third-order valence-electron chi connectivity index (χ3n) is 5.12. The molecule has 1 heterocycles. The SMILES string of the molecule is Cc1ccc(N2CCN(CC(=O)N[C@H](C)c3ccccc3)C[C@@H]2C)cc1. The molecule has 4 heteroatoms. The minimum Gasteiger partial charge on any atom is -0.366 e. The number of rotatable bonds is 5. The van der Waals surface area contributed by atoms with Crippen molar-refractivity contribution in [2.24, 2.45) is 0 Å². The number of amides is 1. The third kappa shape index (κ3) is 4.64. The van der Waals surface area contributed by atoms with Crippen LogP contribution in [0.5, 0.6) is 0 Å². The van der Waals surface area contributed by atoms with Gasteiger partial charge in [-0.25, -0.2) is 0 Å². The second-order valence-corrected chi connectivity index (χ2v) is 7.31. The Morgan fingerprint density at radius 1 is 1.12 bits per heavy atom. The highest BCUT2D eigenvalue weighted by atomic mass is 16.2. The summed E-state index contributed by atoms with van der Waals surface area (Å²) in [5.74, 6) is 0.0948. The molecule has 4 nitrogen and oxygen atoms in total. The van der Waals surface area contributed by atoms with E-state index < -0.39 is 0 Å². The zero-order chi connectivity index (χ0) is 18.5. The molecule has 3 rings (SSSR count). The van der Waals surface area contributed by atoms with E-state index in [9.17, 15) is 4.79 Å². The number of hydrogen-bond acceptors (Lipinski definition) is 3. The zero-order valence-corrected chi connectivity index (χ0v) is 16.0. The van der Waals surface area contributed by atoms with Crippen molar-refractivity contribution in [2.45, 2.75) is 32.9 Å². The van der Waals surface area contributed by atoms with Gasteiger partial charge in [0.05, 0.1) is 12.6 Å². The lowest BCUT2D eigenvalue weighted by Crippen LogP contribution is -2.54. The predicted molar refractivity (Wildman–Crippen MR) is 107 cm³/mol. The monoisotopic (exact) mass is 351 g/mol. The molecule has 1 aliphatic rings. The van der Waals surface area contributed by atoms with Gasteiger partial charge in [0.25, 0.3) is 0 Å². The van der Waals surface area contributed by atoms with E-state index in [2.05, 4.69) is 53.2 Å². The topological polar surface area (TPSA) is 35.6 Å². The average Bonchev–Trinajstić information content (AvgIpc) is 2.63. The first-order valence-corrected chi connectivity index (χ1v) is 9.43. The largest absolute Gasteiger partial charge is 0.366 e. The summed E-state index contributed by atoms with van der Waals surface area (Å²) in [5.41, 5.74) is 3.69. The summed E-state index contributed by atoms with van der Waals surface area (Å²) >= 11 is 0. The quantitative estimate of drug-likeness (QED) is 0.897. The van der Waals surface area contributed by atoms with Crippen molar-refractivity contribution in [3.63, 3.8) is 0 Å². The standard InChI is InChI=1S/C22H29N3O/c1-17-9-11-21(12-10-17)25-14-13-24(15-18(25)2)16-22(26)23-19(3)20-7-5-4-6-8-20/h4-12,18-19H,13-16H2,1-3H3,(H,23,26)/t18-,19+/m0/s1. The molecule has 2 atom stereocenters. The summed E-state index contributed by atoms with van der Waals surface area (Å²) in [4.78, 5) is 17.1. The summed E-state index contributed by atoms with van der Waals surface area (Å²) in [6, 6.07) is 19.2. The molecule has 0 unspecified atom stereocenters. The van der Waals surface area contributed by atoms with Gasteiger partial charge in [-0.2, -0.15) is 0 Å². The lowest BCUT2D eigenvalue weighted by Gasteiger charge is -2.41. The average molecular weight is 351 g/mol. The lowest BCUT2D eigenvalue weighted by atomic mass is 10.1. The van der Waals surface area contributed by atoms with E-state index in [4.69, 9.17) is 0 Å². The fourth-order valence-electron chi connectivity index (χ4n) is 3.61. The number of hydrogen-bond donors (Lipinski definition) is 1. The summed E-state index contributed by atoms with van der Waals surface area (Å²) in [6.07, 6.45) is 0. The van der Waals surface area contributed by atoms with Crippen LogP contribution in [0.1, 0.15) is 31.0 Å². The summed E-state index contributed by atoms with van der Waals surface area (Å²) in [7, 11) is 0. The van der Waals surface area contributed by atoms with Gasteiger partial charge in [-0.05, 0) is 38.5 Å². The third-order valence-corrected chi connectivity index (χ3v) is 5.12. The molecule has 1 saturated heterocycles. The molecule has 1 amide bonds. The zero-order valence-electron chi connectivity index (χ0n) is 16.0. The Balaban J connectivity index is 1.51. The molecule has 0 spiro atoms. The molecular formula is C22H29N3O. The molecule has 138 valence electrons. The second kappa shape index (κ2) is 8.37. The first-order valence-electron chi connectivity index (χ1n) is 9.43. The second-order valence-electron chi connectivity index (χ2n) is 7.31. The first kappa shape index (κ1) is 18.5. The lowest BCUT2D eigenvalue weighted by molar-refractivity contribution is -0.123.